The fourth-order valence-electron chi connectivity index (χ4n) is 2.32. The lowest BCUT2D eigenvalue weighted by Gasteiger charge is -2.13. The highest BCUT2D eigenvalue weighted by molar-refractivity contribution is 5.95. The Hall–Kier alpha value is -2.23. The summed E-state index contributed by atoms with van der Waals surface area (Å²) in [6, 6.07) is 9.75. The van der Waals surface area contributed by atoms with E-state index >= 15 is 0 Å². The quantitative estimate of drug-likeness (QED) is 0.937. The largest absolute Gasteiger partial charge is 0.378 e. The second-order valence-electron chi connectivity index (χ2n) is 5.58. The molecule has 1 aromatic heterocycles. The van der Waals surface area contributed by atoms with Crippen molar-refractivity contribution >= 4 is 11.6 Å². The molecule has 1 N–H and O–H groups in total. The van der Waals surface area contributed by atoms with E-state index < -0.39 is 0 Å². The molecule has 0 unspecified atom stereocenters. The Bertz CT molecular complexity index is 656. The zero-order chi connectivity index (χ0) is 15.6. The topological polar surface area (TPSA) is 37.3 Å². The number of carbonyl (C=O) groups excluding carboxylic acids is 1. The highest BCUT2D eigenvalue weighted by Crippen LogP contribution is 2.15. The molecule has 0 radical (unpaired) electrons. The van der Waals surface area contributed by atoms with E-state index in [2.05, 4.69) is 29.8 Å². The highest BCUT2D eigenvalue weighted by Gasteiger charge is 2.10. The molecule has 2 rings (SSSR count). The molecule has 0 fully saturated rings. The summed E-state index contributed by atoms with van der Waals surface area (Å²) in [6.07, 6.45) is 0. The van der Waals surface area contributed by atoms with Crippen molar-refractivity contribution in [2.24, 2.45) is 7.05 Å². The third-order valence-electron chi connectivity index (χ3n) is 3.94. The summed E-state index contributed by atoms with van der Waals surface area (Å²) in [5.74, 6) is -0.0420. The number of hydrogen-bond donors (Lipinski definition) is 1. The van der Waals surface area contributed by atoms with E-state index in [0.29, 0.717) is 12.1 Å². The number of nitrogens with zero attached hydrogens (tertiary/aromatic N) is 2. The Labute approximate surface area is 126 Å². The Morgan fingerprint density at radius 2 is 1.95 bits per heavy atom. The van der Waals surface area contributed by atoms with E-state index in [9.17, 15) is 4.79 Å². The summed E-state index contributed by atoms with van der Waals surface area (Å²) < 4.78 is 2.13. The number of nitrogens with one attached hydrogen (secondary N) is 1. The average Bonchev–Trinajstić information content (AvgIpc) is 2.72. The second-order valence-corrected chi connectivity index (χ2v) is 5.58. The minimum Gasteiger partial charge on any atom is -0.378 e. The molecule has 1 aromatic carbocycles. The lowest BCUT2D eigenvalue weighted by Crippen LogP contribution is -2.23. The van der Waals surface area contributed by atoms with Gasteiger partial charge in [0, 0.05) is 50.3 Å². The molecule has 0 saturated carbocycles. The number of benzene rings is 1. The Morgan fingerprint density at radius 1 is 1.24 bits per heavy atom. The van der Waals surface area contributed by atoms with Gasteiger partial charge in [-0.15, -0.1) is 0 Å². The number of carbonyl (C=O) groups is 1. The number of aryl methyl sites for hydroxylation is 1. The van der Waals surface area contributed by atoms with Gasteiger partial charge in [0.05, 0.1) is 0 Å². The van der Waals surface area contributed by atoms with Gasteiger partial charge in [0.25, 0.3) is 5.91 Å². The van der Waals surface area contributed by atoms with Gasteiger partial charge in [-0.2, -0.15) is 0 Å². The molecule has 21 heavy (non-hydrogen) atoms. The number of rotatable bonds is 4. The molecule has 112 valence electrons. The van der Waals surface area contributed by atoms with Crippen molar-refractivity contribution in [2.45, 2.75) is 20.4 Å². The SMILES string of the molecule is Cc1cc(CNC(=O)c2cccc(N(C)C)c2)c(C)n1C. The van der Waals surface area contributed by atoms with Gasteiger partial charge < -0.3 is 14.8 Å². The Kier molecular flexibility index (Phi) is 4.36. The molecule has 0 aliphatic carbocycles. The summed E-state index contributed by atoms with van der Waals surface area (Å²) in [5, 5.41) is 2.99. The van der Waals surface area contributed by atoms with Crippen LogP contribution >= 0.6 is 0 Å². The molecule has 1 heterocycles. The van der Waals surface area contributed by atoms with Crippen LogP contribution in [0.1, 0.15) is 27.3 Å². The molecule has 4 heteroatoms. The molecule has 1 amide bonds. The predicted octanol–water partition coefficient (Wildman–Crippen LogP) is 2.64. The van der Waals surface area contributed by atoms with Crippen LogP contribution in [0, 0.1) is 13.8 Å². The van der Waals surface area contributed by atoms with Crippen molar-refractivity contribution in [1.29, 1.82) is 0 Å². The van der Waals surface area contributed by atoms with Gasteiger partial charge >= 0.3 is 0 Å². The highest BCUT2D eigenvalue weighted by atomic mass is 16.1. The first-order valence-corrected chi connectivity index (χ1v) is 7.07. The number of anilines is 1. The fourth-order valence-corrected chi connectivity index (χ4v) is 2.32. The van der Waals surface area contributed by atoms with Crippen LogP contribution in [0.25, 0.3) is 0 Å². The maximum Gasteiger partial charge on any atom is 0.251 e. The monoisotopic (exact) mass is 285 g/mol. The van der Waals surface area contributed by atoms with Crippen LogP contribution in [-0.2, 0) is 13.6 Å². The van der Waals surface area contributed by atoms with Crippen LogP contribution in [0.5, 0.6) is 0 Å². The van der Waals surface area contributed by atoms with Crippen LogP contribution in [0.2, 0.25) is 0 Å². The predicted molar refractivity (Wildman–Crippen MR) is 86.8 cm³/mol. The van der Waals surface area contributed by atoms with Crippen LogP contribution in [0.3, 0.4) is 0 Å². The van der Waals surface area contributed by atoms with Crippen molar-refractivity contribution in [1.82, 2.24) is 9.88 Å². The van der Waals surface area contributed by atoms with Gasteiger partial charge in [-0.3, -0.25) is 4.79 Å². The average molecular weight is 285 g/mol. The van der Waals surface area contributed by atoms with Crippen LogP contribution in [-0.4, -0.2) is 24.6 Å². The normalized spacial score (nSPS) is 10.5. The summed E-state index contributed by atoms with van der Waals surface area (Å²) in [4.78, 5) is 14.2. The number of amides is 1. The van der Waals surface area contributed by atoms with E-state index in [1.54, 1.807) is 0 Å². The van der Waals surface area contributed by atoms with Crippen LogP contribution in [0.15, 0.2) is 30.3 Å². The van der Waals surface area contributed by atoms with Crippen LogP contribution in [0.4, 0.5) is 5.69 Å². The molecule has 0 atom stereocenters. The standard InChI is InChI=1S/C17H23N3O/c1-12-9-15(13(2)20(12)5)11-18-17(21)14-7-6-8-16(10-14)19(3)4/h6-10H,11H2,1-5H3,(H,18,21). The number of hydrogen-bond acceptors (Lipinski definition) is 2. The summed E-state index contributed by atoms with van der Waals surface area (Å²) in [6.45, 7) is 4.69. The molecule has 2 aromatic rings. The van der Waals surface area contributed by atoms with E-state index in [4.69, 9.17) is 0 Å². The van der Waals surface area contributed by atoms with Gasteiger partial charge in [0.15, 0.2) is 0 Å². The van der Waals surface area contributed by atoms with E-state index in [1.807, 2.05) is 50.3 Å². The fraction of sp³-hybridized carbons (Fsp3) is 0.353. The van der Waals surface area contributed by atoms with Gasteiger partial charge in [-0.25, -0.2) is 0 Å². The lowest BCUT2D eigenvalue weighted by atomic mass is 10.1. The van der Waals surface area contributed by atoms with Crippen LogP contribution < -0.4 is 10.2 Å². The zero-order valence-electron chi connectivity index (χ0n) is 13.4. The van der Waals surface area contributed by atoms with E-state index in [0.717, 1.165) is 11.3 Å². The smallest absolute Gasteiger partial charge is 0.251 e. The van der Waals surface area contributed by atoms with E-state index in [1.165, 1.54) is 11.4 Å². The van der Waals surface area contributed by atoms with Crippen molar-refractivity contribution in [3.63, 3.8) is 0 Å². The first-order valence-electron chi connectivity index (χ1n) is 7.07. The maximum absolute atomic E-state index is 12.3. The summed E-state index contributed by atoms with van der Waals surface area (Å²) in [5.41, 5.74) is 5.26. The van der Waals surface area contributed by atoms with Gasteiger partial charge in [0.1, 0.15) is 0 Å². The van der Waals surface area contributed by atoms with Crippen molar-refractivity contribution in [3.05, 3.63) is 52.8 Å². The minimum absolute atomic E-state index is 0.0420. The van der Waals surface area contributed by atoms with Gasteiger partial charge in [0.2, 0.25) is 0 Å². The molecule has 0 saturated heterocycles. The third-order valence-corrected chi connectivity index (χ3v) is 3.94. The van der Waals surface area contributed by atoms with E-state index in [-0.39, 0.29) is 5.91 Å². The van der Waals surface area contributed by atoms with Gasteiger partial charge in [-0.05, 0) is 43.7 Å². The zero-order valence-corrected chi connectivity index (χ0v) is 13.4. The number of aromatic nitrogens is 1. The van der Waals surface area contributed by atoms with Crippen molar-refractivity contribution in [2.75, 3.05) is 19.0 Å². The van der Waals surface area contributed by atoms with Crippen molar-refractivity contribution in [3.8, 4) is 0 Å². The molecule has 0 aliphatic rings. The molecule has 4 nitrogen and oxygen atoms in total. The molecule has 0 spiro atoms. The molecule has 0 bridgehead atoms. The summed E-state index contributed by atoms with van der Waals surface area (Å²) in [7, 11) is 5.97. The second kappa shape index (κ2) is 6.04. The first kappa shape index (κ1) is 15.2. The summed E-state index contributed by atoms with van der Waals surface area (Å²) >= 11 is 0. The molecule has 0 aliphatic heterocycles. The lowest BCUT2D eigenvalue weighted by molar-refractivity contribution is 0.0951. The molecular weight excluding hydrogens is 262 g/mol. The van der Waals surface area contributed by atoms with Crippen molar-refractivity contribution < 1.29 is 4.79 Å². The first-order chi connectivity index (χ1) is 9.90. The van der Waals surface area contributed by atoms with Gasteiger partial charge in [-0.1, -0.05) is 6.07 Å². The maximum atomic E-state index is 12.3. The Balaban J connectivity index is 2.08. The Morgan fingerprint density at radius 3 is 2.52 bits per heavy atom. The minimum atomic E-state index is -0.0420. The molecular formula is C17H23N3O. The third kappa shape index (κ3) is 3.27.